The normalized spacial score (nSPS) is 15.9. The molecule has 0 saturated heterocycles. The highest BCUT2D eigenvalue weighted by Gasteiger charge is 2.25. The van der Waals surface area contributed by atoms with Gasteiger partial charge < -0.3 is 0 Å². The van der Waals surface area contributed by atoms with Gasteiger partial charge in [-0.05, 0) is 85.6 Å². The number of hydrogen-bond donors (Lipinski definition) is 0. The third-order valence-electron chi connectivity index (χ3n) is 9.92. The lowest BCUT2D eigenvalue weighted by Crippen LogP contribution is -2.09. The van der Waals surface area contributed by atoms with Crippen molar-refractivity contribution in [3.8, 4) is 39.3 Å². The Kier molecular flexibility index (Phi) is 6.87. The maximum atomic E-state index is 5.24. The minimum Gasteiger partial charge on any atom is -0.292 e. The van der Waals surface area contributed by atoms with Crippen LogP contribution in [0.1, 0.15) is 18.4 Å². The number of allylic oxidation sites excluding steroid dienone is 4. The maximum absolute atomic E-state index is 5.24. The van der Waals surface area contributed by atoms with Gasteiger partial charge in [0.2, 0.25) is 0 Å². The quantitative estimate of drug-likeness (QED) is 0.176. The van der Waals surface area contributed by atoms with Crippen LogP contribution in [-0.2, 0) is 0 Å². The van der Waals surface area contributed by atoms with Crippen LogP contribution in [0.5, 0.6) is 0 Å². The van der Waals surface area contributed by atoms with E-state index in [0.29, 0.717) is 5.92 Å². The molecule has 0 N–H and O–H groups in total. The van der Waals surface area contributed by atoms with Crippen molar-refractivity contribution in [2.75, 3.05) is 0 Å². The zero-order valence-corrected chi connectivity index (χ0v) is 26.8. The van der Waals surface area contributed by atoms with Crippen LogP contribution in [0, 0.1) is 5.92 Å². The zero-order chi connectivity index (χ0) is 32.0. The van der Waals surface area contributed by atoms with E-state index in [0.717, 1.165) is 28.1 Å². The van der Waals surface area contributed by atoms with Crippen LogP contribution in [-0.4, -0.2) is 9.55 Å². The highest BCUT2D eigenvalue weighted by molar-refractivity contribution is 6.16. The minimum atomic E-state index is 0.250. The van der Waals surface area contributed by atoms with Gasteiger partial charge >= 0.3 is 0 Å². The molecule has 0 bridgehead atoms. The molecule has 0 aliphatic heterocycles. The van der Waals surface area contributed by atoms with Crippen molar-refractivity contribution in [2.45, 2.75) is 12.8 Å². The SMILES string of the molecule is CC1C=CC=CC1c1c2ccccc2c(-c2ccc(-c3ccccc3)cc2)c2ccc(-c3nc4ccccc4n3-c3ccccc3)cc12. The molecule has 2 heteroatoms. The van der Waals surface area contributed by atoms with Gasteiger partial charge in [0.05, 0.1) is 11.0 Å². The predicted molar refractivity (Wildman–Crippen MR) is 203 cm³/mol. The van der Waals surface area contributed by atoms with Crippen molar-refractivity contribution in [2.24, 2.45) is 5.92 Å². The maximum Gasteiger partial charge on any atom is 0.145 e. The Morgan fingerprint density at radius 2 is 1.10 bits per heavy atom. The summed E-state index contributed by atoms with van der Waals surface area (Å²) in [5.74, 6) is 1.57. The van der Waals surface area contributed by atoms with Gasteiger partial charge in [-0.25, -0.2) is 4.98 Å². The molecule has 48 heavy (non-hydrogen) atoms. The van der Waals surface area contributed by atoms with Gasteiger partial charge in [-0.1, -0.05) is 153 Å². The number of hydrogen-bond acceptors (Lipinski definition) is 1. The summed E-state index contributed by atoms with van der Waals surface area (Å²) in [5, 5.41) is 5.12. The van der Waals surface area contributed by atoms with Crippen LogP contribution in [0.25, 0.3) is 71.9 Å². The number of para-hydroxylation sites is 3. The highest BCUT2D eigenvalue weighted by atomic mass is 15.1. The highest BCUT2D eigenvalue weighted by Crippen LogP contribution is 2.46. The molecule has 2 unspecified atom stereocenters. The number of nitrogens with zero attached hydrogens (tertiary/aromatic N) is 2. The van der Waals surface area contributed by atoms with E-state index in [1.165, 1.54) is 49.4 Å². The van der Waals surface area contributed by atoms with Crippen molar-refractivity contribution >= 4 is 32.6 Å². The average molecular weight is 615 g/mol. The molecule has 1 aliphatic carbocycles. The zero-order valence-electron chi connectivity index (χ0n) is 26.8. The standard InChI is InChI=1S/C46H34N2/c1-31-14-8-9-19-37(31)45-39-21-11-10-20-38(39)44(34-26-24-33(25-27-34)32-15-4-2-5-16-32)40-29-28-35(30-41(40)45)46-47-42-22-12-13-23-43(42)48(46)36-17-6-3-7-18-36/h2-31,37H,1H3. The molecular formula is C46H34N2. The molecule has 0 radical (unpaired) electrons. The number of fused-ring (bicyclic) bond motifs is 3. The predicted octanol–water partition coefficient (Wildman–Crippen LogP) is 12.2. The van der Waals surface area contributed by atoms with Gasteiger partial charge in [0.25, 0.3) is 0 Å². The lowest BCUT2D eigenvalue weighted by molar-refractivity contribution is 0.643. The Balaban J connectivity index is 1.34. The smallest absolute Gasteiger partial charge is 0.145 e. The molecule has 9 rings (SSSR count). The van der Waals surface area contributed by atoms with Crippen LogP contribution < -0.4 is 0 Å². The fraction of sp³-hybridized carbons (Fsp3) is 0.0652. The molecule has 0 spiro atoms. The van der Waals surface area contributed by atoms with Crippen LogP contribution >= 0.6 is 0 Å². The van der Waals surface area contributed by atoms with Crippen molar-refractivity contribution < 1.29 is 0 Å². The Bertz CT molecular complexity index is 2500. The minimum absolute atomic E-state index is 0.250. The van der Waals surface area contributed by atoms with E-state index in [1.807, 2.05) is 0 Å². The lowest BCUT2D eigenvalue weighted by atomic mass is 9.77. The fourth-order valence-electron chi connectivity index (χ4n) is 7.62. The summed E-state index contributed by atoms with van der Waals surface area (Å²) in [7, 11) is 0. The van der Waals surface area contributed by atoms with E-state index >= 15 is 0 Å². The van der Waals surface area contributed by atoms with E-state index in [4.69, 9.17) is 4.98 Å². The summed E-state index contributed by atoms with van der Waals surface area (Å²) in [6.07, 6.45) is 9.11. The molecule has 7 aromatic carbocycles. The summed E-state index contributed by atoms with van der Waals surface area (Å²) in [5.41, 5.74) is 10.6. The van der Waals surface area contributed by atoms with Crippen molar-refractivity contribution in [3.05, 3.63) is 182 Å². The van der Waals surface area contributed by atoms with E-state index in [2.05, 4.69) is 187 Å². The number of imidazole rings is 1. The first-order chi connectivity index (χ1) is 23.7. The number of benzene rings is 7. The molecule has 1 aromatic heterocycles. The number of rotatable bonds is 5. The molecule has 1 aliphatic rings. The van der Waals surface area contributed by atoms with Gasteiger partial charge in [-0.3, -0.25) is 4.57 Å². The van der Waals surface area contributed by atoms with Crippen molar-refractivity contribution in [3.63, 3.8) is 0 Å². The third-order valence-corrected chi connectivity index (χ3v) is 9.92. The summed E-state index contributed by atoms with van der Waals surface area (Å²) < 4.78 is 2.30. The van der Waals surface area contributed by atoms with E-state index < -0.39 is 0 Å². The van der Waals surface area contributed by atoms with Crippen molar-refractivity contribution in [1.29, 1.82) is 0 Å². The third kappa shape index (κ3) is 4.68. The summed E-state index contributed by atoms with van der Waals surface area (Å²) in [4.78, 5) is 5.24. The van der Waals surface area contributed by atoms with E-state index in [-0.39, 0.29) is 5.92 Å². The molecular weight excluding hydrogens is 581 g/mol. The van der Waals surface area contributed by atoms with Gasteiger partial charge in [-0.15, -0.1) is 0 Å². The first-order valence-corrected chi connectivity index (χ1v) is 16.8. The molecule has 228 valence electrons. The van der Waals surface area contributed by atoms with E-state index in [9.17, 15) is 0 Å². The Hall–Kier alpha value is -5.99. The van der Waals surface area contributed by atoms with Crippen LogP contribution in [0.15, 0.2) is 176 Å². The molecule has 1 heterocycles. The van der Waals surface area contributed by atoms with Crippen LogP contribution in [0.4, 0.5) is 0 Å². The average Bonchev–Trinajstić information content (AvgIpc) is 3.55. The Morgan fingerprint density at radius 1 is 0.500 bits per heavy atom. The molecule has 8 aromatic rings. The number of aromatic nitrogens is 2. The lowest BCUT2D eigenvalue weighted by Gasteiger charge is -2.26. The van der Waals surface area contributed by atoms with Crippen LogP contribution in [0.3, 0.4) is 0 Å². The Labute approximate surface area is 281 Å². The summed E-state index contributed by atoms with van der Waals surface area (Å²) >= 11 is 0. The van der Waals surface area contributed by atoms with Crippen LogP contribution in [0.2, 0.25) is 0 Å². The topological polar surface area (TPSA) is 17.8 Å². The van der Waals surface area contributed by atoms with Crippen molar-refractivity contribution in [1.82, 2.24) is 9.55 Å². The summed E-state index contributed by atoms with van der Waals surface area (Å²) in [6, 6.07) is 54.7. The van der Waals surface area contributed by atoms with Gasteiger partial charge in [-0.2, -0.15) is 0 Å². The first kappa shape index (κ1) is 28.3. The second kappa shape index (κ2) is 11.7. The molecule has 0 amide bonds. The largest absolute Gasteiger partial charge is 0.292 e. The fourth-order valence-corrected chi connectivity index (χ4v) is 7.62. The van der Waals surface area contributed by atoms with Gasteiger partial charge in [0.1, 0.15) is 5.82 Å². The monoisotopic (exact) mass is 614 g/mol. The van der Waals surface area contributed by atoms with Gasteiger partial charge in [0.15, 0.2) is 0 Å². The molecule has 2 nitrogen and oxygen atoms in total. The second-order valence-electron chi connectivity index (χ2n) is 12.8. The molecule has 2 atom stereocenters. The summed E-state index contributed by atoms with van der Waals surface area (Å²) in [6.45, 7) is 2.33. The second-order valence-corrected chi connectivity index (χ2v) is 12.8. The van der Waals surface area contributed by atoms with Gasteiger partial charge in [0, 0.05) is 17.2 Å². The molecule has 0 fully saturated rings. The Morgan fingerprint density at radius 3 is 1.90 bits per heavy atom. The first-order valence-electron chi connectivity index (χ1n) is 16.8. The molecule has 0 saturated carbocycles. The van der Waals surface area contributed by atoms with E-state index in [1.54, 1.807) is 0 Å².